The van der Waals surface area contributed by atoms with Crippen LogP contribution in [0, 0.1) is 0 Å². The minimum atomic E-state index is 0.641. The van der Waals surface area contributed by atoms with Gasteiger partial charge in [-0.05, 0) is 36.4 Å². The number of allylic oxidation sites excluding steroid dienone is 1. The molecular weight excluding hydrogens is 254 g/mol. The summed E-state index contributed by atoms with van der Waals surface area (Å²) >= 11 is 5.88. The number of hydrogen-bond donors (Lipinski definition) is 2. The Balaban J connectivity index is 0.000000771. The summed E-state index contributed by atoms with van der Waals surface area (Å²) in [7, 11) is 0. The van der Waals surface area contributed by atoms with Gasteiger partial charge in [0.25, 0.3) is 0 Å². The molecule has 1 aromatic carbocycles. The van der Waals surface area contributed by atoms with Crippen molar-refractivity contribution in [1.29, 1.82) is 0 Å². The first kappa shape index (κ1) is 14.2. The third-order valence-electron chi connectivity index (χ3n) is 2.07. The predicted molar refractivity (Wildman–Crippen MR) is 70.2 cm³/mol. The SMILES string of the molecule is NO.O=C/C=C/c1ccc(-c2cccc(Cl)c2)o1. The van der Waals surface area contributed by atoms with Crippen LogP contribution < -0.4 is 5.90 Å². The molecule has 1 aromatic heterocycles. The molecule has 2 aromatic rings. The van der Waals surface area contributed by atoms with Crippen LogP contribution in [0.1, 0.15) is 5.76 Å². The third-order valence-corrected chi connectivity index (χ3v) is 2.31. The van der Waals surface area contributed by atoms with Gasteiger partial charge in [-0.3, -0.25) is 4.79 Å². The van der Waals surface area contributed by atoms with Crippen LogP contribution in [0.5, 0.6) is 0 Å². The van der Waals surface area contributed by atoms with Gasteiger partial charge in [0.15, 0.2) is 0 Å². The summed E-state index contributed by atoms with van der Waals surface area (Å²) in [6, 6.07) is 11.1. The molecule has 0 saturated carbocycles. The number of hydrogen-bond acceptors (Lipinski definition) is 4. The normalized spacial score (nSPS) is 9.94. The minimum absolute atomic E-state index is 0.641. The first-order valence-corrected chi connectivity index (χ1v) is 5.41. The molecule has 0 fully saturated rings. The van der Waals surface area contributed by atoms with E-state index in [1.807, 2.05) is 24.3 Å². The van der Waals surface area contributed by atoms with Crippen molar-refractivity contribution in [1.82, 2.24) is 0 Å². The van der Waals surface area contributed by atoms with E-state index in [0.29, 0.717) is 17.1 Å². The summed E-state index contributed by atoms with van der Waals surface area (Å²) in [6.07, 6.45) is 3.71. The molecule has 1 heterocycles. The molecule has 0 aliphatic rings. The maximum atomic E-state index is 10.2. The Morgan fingerprint density at radius 2 is 2.00 bits per heavy atom. The molecule has 3 N–H and O–H groups in total. The van der Waals surface area contributed by atoms with E-state index in [1.165, 1.54) is 6.08 Å². The van der Waals surface area contributed by atoms with Gasteiger partial charge < -0.3 is 9.62 Å². The first-order chi connectivity index (χ1) is 8.79. The van der Waals surface area contributed by atoms with E-state index in [1.54, 1.807) is 18.2 Å². The van der Waals surface area contributed by atoms with Crippen molar-refractivity contribution in [3.8, 4) is 11.3 Å². The molecule has 18 heavy (non-hydrogen) atoms. The largest absolute Gasteiger partial charge is 0.457 e. The number of aldehydes is 1. The summed E-state index contributed by atoms with van der Waals surface area (Å²) in [5.41, 5.74) is 0.915. The predicted octanol–water partition coefficient (Wildman–Crippen LogP) is 3.15. The fourth-order valence-electron chi connectivity index (χ4n) is 1.37. The fraction of sp³-hybridized carbons (Fsp3) is 0. The Kier molecular flexibility index (Phi) is 5.87. The Morgan fingerprint density at radius 1 is 1.22 bits per heavy atom. The molecule has 0 saturated heterocycles. The molecule has 0 aliphatic carbocycles. The number of benzene rings is 1. The Bertz CT molecular complexity index is 535. The van der Waals surface area contributed by atoms with Crippen molar-refractivity contribution in [3.05, 3.63) is 53.3 Å². The highest BCUT2D eigenvalue weighted by Crippen LogP contribution is 2.25. The van der Waals surface area contributed by atoms with Crippen LogP contribution >= 0.6 is 11.6 Å². The minimum Gasteiger partial charge on any atom is -0.457 e. The van der Waals surface area contributed by atoms with Crippen LogP contribution in [0.4, 0.5) is 0 Å². The molecule has 0 unspecified atom stereocenters. The summed E-state index contributed by atoms with van der Waals surface area (Å²) in [4.78, 5) is 10.2. The van der Waals surface area contributed by atoms with Gasteiger partial charge in [0.05, 0.1) is 0 Å². The first-order valence-electron chi connectivity index (χ1n) is 5.03. The van der Waals surface area contributed by atoms with Gasteiger partial charge in [-0.15, -0.1) is 0 Å². The van der Waals surface area contributed by atoms with Crippen LogP contribution in [0.3, 0.4) is 0 Å². The van der Waals surface area contributed by atoms with E-state index in [2.05, 4.69) is 5.90 Å². The summed E-state index contributed by atoms with van der Waals surface area (Å²) in [5.74, 6) is 4.87. The number of rotatable bonds is 3. The molecule has 94 valence electrons. The number of nitrogens with two attached hydrogens (primary N) is 1. The van der Waals surface area contributed by atoms with Crippen molar-refractivity contribution in [3.63, 3.8) is 0 Å². The van der Waals surface area contributed by atoms with Gasteiger partial charge >= 0.3 is 0 Å². The maximum absolute atomic E-state index is 10.2. The number of halogens is 1. The van der Waals surface area contributed by atoms with E-state index in [9.17, 15) is 4.79 Å². The van der Waals surface area contributed by atoms with Crippen molar-refractivity contribution >= 4 is 24.0 Å². The highest BCUT2D eigenvalue weighted by atomic mass is 35.5. The Morgan fingerprint density at radius 3 is 2.67 bits per heavy atom. The molecule has 0 spiro atoms. The van der Waals surface area contributed by atoms with Crippen molar-refractivity contribution in [2.24, 2.45) is 5.90 Å². The van der Waals surface area contributed by atoms with E-state index >= 15 is 0 Å². The van der Waals surface area contributed by atoms with Crippen LogP contribution in [-0.2, 0) is 4.79 Å². The lowest BCUT2D eigenvalue weighted by Gasteiger charge is -1.96. The van der Waals surface area contributed by atoms with E-state index < -0.39 is 0 Å². The second kappa shape index (κ2) is 7.45. The number of carbonyl (C=O) groups excluding carboxylic acids is 1. The zero-order valence-electron chi connectivity index (χ0n) is 9.42. The van der Waals surface area contributed by atoms with E-state index in [0.717, 1.165) is 11.3 Å². The van der Waals surface area contributed by atoms with Crippen LogP contribution in [0.25, 0.3) is 17.4 Å². The zero-order chi connectivity index (χ0) is 13.4. The lowest BCUT2D eigenvalue weighted by molar-refractivity contribution is -0.104. The smallest absolute Gasteiger partial charge is 0.142 e. The maximum Gasteiger partial charge on any atom is 0.142 e. The van der Waals surface area contributed by atoms with Gasteiger partial charge in [-0.1, -0.05) is 23.7 Å². The average molecular weight is 266 g/mol. The van der Waals surface area contributed by atoms with Gasteiger partial charge in [0.1, 0.15) is 17.8 Å². The molecule has 0 atom stereocenters. The number of furan rings is 1. The summed E-state index contributed by atoms with van der Waals surface area (Å²) in [6.45, 7) is 0. The lowest BCUT2D eigenvalue weighted by Crippen LogP contribution is -1.72. The second-order valence-electron chi connectivity index (χ2n) is 3.21. The molecule has 2 rings (SSSR count). The van der Waals surface area contributed by atoms with Gasteiger partial charge in [0.2, 0.25) is 0 Å². The summed E-state index contributed by atoms with van der Waals surface area (Å²) in [5, 5.41) is 7.17. The topological polar surface area (TPSA) is 76.5 Å². The van der Waals surface area contributed by atoms with Gasteiger partial charge in [-0.25, -0.2) is 5.90 Å². The van der Waals surface area contributed by atoms with E-state index in [4.69, 9.17) is 21.2 Å². The summed E-state index contributed by atoms with van der Waals surface area (Å²) < 4.78 is 5.52. The Labute approximate surface area is 109 Å². The van der Waals surface area contributed by atoms with Crippen LogP contribution in [0.2, 0.25) is 5.02 Å². The molecule has 5 heteroatoms. The Hall–Kier alpha value is -1.88. The standard InChI is InChI=1S/C13H9ClO2.H3NO/c14-11-4-1-3-10(9-11)13-7-6-12(16-13)5-2-8-15;1-2/h1-9H;2H,1H2/b5-2+;. The third kappa shape index (κ3) is 3.85. The molecule has 0 radical (unpaired) electrons. The van der Waals surface area contributed by atoms with Crippen molar-refractivity contribution in [2.45, 2.75) is 0 Å². The quantitative estimate of drug-likeness (QED) is 0.508. The highest BCUT2D eigenvalue weighted by Gasteiger charge is 2.02. The van der Waals surface area contributed by atoms with Crippen LogP contribution in [-0.4, -0.2) is 11.5 Å². The zero-order valence-corrected chi connectivity index (χ0v) is 10.2. The highest BCUT2D eigenvalue weighted by molar-refractivity contribution is 6.30. The van der Waals surface area contributed by atoms with Crippen LogP contribution in [0.15, 0.2) is 46.9 Å². The molecule has 0 bridgehead atoms. The number of carbonyl (C=O) groups is 1. The molecule has 4 nitrogen and oxygen atoms in total. The second-order valence-corrected chi connectivity index (χ2v) is 3.64. The lowest BCUT2D eigenvalue weighted by atomic mass is 10.2. The average Bonchev–Trinajstić information content (AvgIpc) is 2.87. The molecule has 0 aliphatic heterocycles. The molecule has 0 amide bonds. The van der Waals surface area contributed by atoms with Crippen molar-refractivity contribution in [2.75, 3.05) is 0 Å². The fourth-order valence-corrected chi connectivity index (χ4v) is 1.56. The van der Waals surface area contributed by atoms with Crippen molar-refractivity contribution < 1.29 is 14.4 Å². The monoisotopic (exact) mass is 265 g/mol. The van der Waals surface area contributed by atoms with Gasteiger partial charge in [-0.2, -0.15) is 0 Å². The van der Waals surface area contributed by atoms with E-state index in [-0.39, 0.29) is 0 Å². The molecular formula is C13H12ClNO3. The van der Waals surface area contributed by atoms with Gasteiger partial charge in [0, 0.05) is 10.6 Å².